The van der Waals surface area contributed by atoms with Crippen LogP contribution in [-0.2, 0) is 26.2 Å². The van der Waals surface area contributed by atoms with Gasteiger partial charge in [0.25, 0.3) is 0 Å². The third-order valence-corrected chi connectivity index (χ3v) is 4.69. The van der Waals surface area contributed by atoms with Gasteiger partial charge >= 0.3 is 0 Å². The average Bonchev–Trinajstić information content (AvgIpc) is 2.67. The number of allylic oxidation sites excluding steroid dienone is 2. The van der Waals surface area contributed by atoms with Crippen molar-refractivity contribution in [2.45, 2.75) is 32.6 Å². The van der Waals surface area contributed by atoms with Gasteiger partial charge in [-0.15, -0.1) is 0 Å². The fourth-order valence-electron chi connectivity index (χ4n) is 2.89. The molecule has 2 aromatic rings. The highest BCUT2D eigenvalue weighted by atomic mass is 16.5. The molecule has 148 valence electrons. The topological polar surface area (TPSA) is 52.6 Å². The van der Waals surface area contributed by atoms with E-state index in [1.54, 1.807) is 7.11 Å². The lowest BCUT2D eigenvalue weighted by molar-refractivity contribution is -0.115. The molecular formula is C24H28O4. The smallest absolute Gasteiger partial charge is 0.160 e. The zero-order chi connectivity index (χ0) is 20.6. The minimum absolute atomic E-state index is 0.0775. The number of carbonyl (C=O) groups excluding carboxylic acids is 2. The molecule has 4 heteroatoms. The average molecular weight is 380 g/mol. The van der Waals surface area contributed by atoms with Gasteiger partial charge in [0.15, 0.2) is 11.6 Å². The van der Waals surface area contributed by atoms with Gasteiger partial charge in [0, 0.05) is 18.9 Å². The maximum atomic E-state index is 11.9. The van der Waals surface area contributed by atoms with E-state index in [9.17, 15) is 9.59 Å². The lowest BCUT2D eigenvalue weighted by atomic mass is 9.78. The molecule has 28 heavy (non-hydrogen) atoms. The highest BCUT2D eigenvalue weighted by Gasteiger charge is 2.23. The van der Waals surface area contributed by atoms with E-state index in [4.69, 9.17) is 9.47 Å². The van der Waals surface area contributed by atoms with E-state index in [0.29, 0.717) is 13.2 Å². The van der Waals surface area contributed by atoms with Gasteiger partial charge in [-0.3, -0.25) is 9.59 Å². The largest absolute Gasteiger partial charge is 0.491 e. The molecule has 0 aliphatic rings. The molecule has 0 aromatic heterocycles. The first-order valence-corrected chi connectivity index (χ1v) is 9.36. The van der Waals surface area contributed by atoms with Gasteiger partial charge in [-0.1, -0.05) is 50.2 Å². The molecule has 0 amide bonds. The van der Waals surface area contributed by atoms with Crippen LogP contribution in [0.1, 0.15) is 37.5 Å². The standard InChI is InChI=1S/C24H28O4/c1-18(25)5-12-22(26)17-19-6-8-20(9-7-19)24(2,3)21-10-13-23(14-11-21)28-16-15-27-4/h5-14H,15-17H2,1-4H3/b12-5+. The van der Waals surface area contributed by atoms with Crippen LogP contribution in [0.4, 0.5) is 0 Å². The van der Waals surface area contributed by atoms with Crippen molar-refractivity contribution in [3.05, 3.63) is 77.4 Å². The van der Waals surface area contributed by atoms with Crippen molar-refractivity contribution in [3.63, 3.8) is 0 Å². The molecule has 0 aliphatic carbocycles. The van der Waals surface area contributed by atoms with Gasteiger partial charge in [0.1, 0.15) is 12.4 Å². The number of carbonyl (C=O) groups is 2. The van der Waals surface area contributed by atoms with Crippen LogP contribution in [0, 0.1) is 0 Å². The summed E-state index contributed by atoms with van der Waals surface area (Å²) in [5, 5.41) is 0. The molecule has 0 unspecified atom stereocenters. The number of benzene rings is 2. The number of rotatable bonds is 10. The molecule has 0 saturated heterocycles. The normalized spacial score (nSPS) is 11.6. The predicted molar refractivity (Wildman–Crippen MR) is 111 cm³/mol. The molecule has 0 saturated carbocycles. The molecule has 0 N–H and O–H groups in total. The zero-order valence-electron chi connectivity index (χ0n) is 17.0. The van der Waals surface area contributed by atoms with Crippen LogP contribution >= 0.6 is 0 Å². The molecule has 0 spiro atoms. The Morgan fingerprint density at radius 2 is 1.46 bits per heavy atom. The second-order valence-electron chi connectivity index (χ2n) is 7.27. The Kier molecular flexibility index (Phi) is 7.70. The molecule has 0 heterocycles. The van der Waals surface area contributed by atoms with E-state index in [-0.39, 0.29) is 23.4 Å². The molecule has 4 nitrogen and oxygen atoms in total. The third-order valence-electron chi connectivity index (χ3n) is 4.69. The van der Waals surface area contributed by atoms with Crippen molar-refractivity contribution in [2.75, 3.05) is 20.3 Å². The van der Waals surface area contributed by atoms with Gasteiger partial charge < -0.3 is 9.47 Å². The van der Waals surface area contributed by atoms with E-state index in [0.717, 1.165) is 16.9 Å². The van der Waals surface area contributed by atoms with E-state index in [1.165, 1.54) is 24.6 Å². The Labute approximate surface area is 167 Å². The summed E-state index contributed by atoms with van der Waals surface area (Å²) in [6.45, 7) is 6.86. The first kappa shape index (κ1) is 21.6. The fraction of sp³-hybridized carbons (Fsp3) is 0.333. The van der Waals surface area contributed by atoms with E-state index in [2.05, 4.69) is 38.1 Å². The first-order chi connectivity index (χ1) is 13.3. The first-order valence-electron chi connectivity index (χ1n) is 9.36. The van der Waals surface area contributed by atoms with Crippen LogP contribution in [-0.4, -0.2) is 31.9 Å². The van der Waals surface area contributed by atoms with Crippen molar-refractivity contribution >= 4 is 11.6 Å². The summed E-state index contributed by atoms with van der Waals surface area (Å²) in [6, 6.07) is 16.2. The van der Waals surface area contributed by atoms with Crippen LogP contribution in [0.2, 0.25) is 0 Å². The fourth-order valence-corrected chi connectivity index (χ4v) is 2.89. The molecule has 0 radical (unpaired) electrons. The van der Waals surface area contributed by atoms with Gasteiger partial charge in [-0.25, -0.2) is 0 Å². The number of ketones is 2. The Hall–Kier alpha value is -2.72. The molecule has 0 aliphatic heterocycles. The quantitative estimate of drug-likeness (QED) is 0.456. The number of methoxy groups -OCH3 is 1. The molecule has 0 fully saturated rings. The Morgan fingerprint density at radius 3 is 2.00 bits per heavy atom. The van der Waals surface area contributed by atoms with E-state index in [1.807, 2.05) is 24.3 Å². The van der Waals surface area contributed by atoms with Gasteiger partial charge in [-0.05, 0) is 47.9 Å². The number of hydrogen-bond donors (Lipinski definition) is 0. The Bertz CT molecular complexity index is 815. The van der Waals surface area contributed by atoms with Crippen LogP contribution in [0.15, 0.2) is 60.7 Å². The monoisotopic (exact) mass is 380 g/mol. The van der Waals surface area contributed by atoms with Crippen molar-refractivity contribution < 1.29 is 19.1 Å². The van der Waals surface area contributed by atoms with Crippen LogP contribution in [0.5, 0.6) is 5.75 Å². The van der Waals surface area contributed by atoms with Crippen molar-refractivity contribution in [2.24, 2.45) is 0 Å². The van der Waals surface area contributed by atoms with Crippen molar-refractivity contribution in [1.82, 2.24) is 0 Å². The summed E-state index contributed by atoms with van der Waals surface area (Å²) in [4.78, 5) is 22.8. The zero-order valence-corrected chi connectivity index (χ0v) is 17.0. The van der Waals surface area contributed by atoms with Crippen LogP contribution in [0.3, 0.4) is 0 Å². The Morgan fingerprint density at radius 1 is 0.893 bits per heavy atom. The summed E-state index contributed by atoms with van der Waals surface area (Å²) in [7, 11) is 1.65. The minimum Gasteiger partial charge on any atom is -0.491 e. The van der Waals surface area contributed by atoms with Crippen molar-refractivity contribution in [3.8, 4) is 5.75 Å². The lowest BCUT2D eigenvalue weighted by Gasteiger charge is -2.26. The molecule has 2 aromatic carbocycles. The molecule has 0 atom stereocenters. The Balaban J connectivity index is 2.06. The summed E-state index contributed by atoms with van der Waals surface area (Å²) in [6.07, 6.45) is 2.94. The maximum absolute atomic E-state index is 11.9. The third kappa shape index (κ3) is 6.17. The lowest BCUT2D eigenvalue weighted by Crippen LogP contribution is -2.19. The van der Waals surface area contributed by atoms with Crippen LogP contribution < -0.4 is 4.74 Å². The van der Waals surface area contributed by atoms with E-state index >= 15 is 0 Å². The second-order valence-corrected chi connectivity index (χ2v) is 7.27. The SMILES string of the molecule is COCCOc1ccc(C(C)(C)c2ccc(CC(=O)/C=C/C(C)=O)cc2)cc1. The number of hydrogen-bond acceptors (Lipinski definition) is 4. The minimum atomic E-state index is -0.178. The van der Waals surface area contributed by atoms with Crippen LogP contribution in [0.25, 0.3) is 0 Å². The molecular weight excluding hydrogens is 352 g/mol. The number of ether oxygens (including phenoxy) is 2. The summed E-state index contributed by atoms with van der Waals surface area (Å²) < 4.78 is 10.6. The second kappa shape index (κ2) is 10.00. The molecule has 2 rings (SSSR count). The van der Waals surface area contributed by atoms with Gasteiger partial charge in [-0.2, -0.15) is 0 Å². The summed E-state index contributed by atoms with van der Waals surface area (Å²) in [5.74, 6) is 0.621. The maximum Gasteiger partial charge on any atom is 0.160 e. The van der Waals surface area contributed by atoms with Crippen molar-refractivity contribution in [1.29, 1.82) is 0 Å². The summed E-state index contributed by atoms with van der Waals surface area (Å²) >= 11 is 0. The highest BCUT2D eigenvalue weighted by molar-refractivity contribution is 5.98. The summed E-state index contributed by atoms with van der Waals surface area (Å²) in [5.41, 5.74) is 3.10. The van der Waals surface area contributed by atoms with Gasteiger partial charge in [0.2, 0.25) is 0 Å². The predicted octanol–water partition coefficient (Wildman–Crippen LogP) is 4.29. The highest BCUT2D eigenvalue weighted by Crippen LogP contribution is 2.32. The van der Waals surface area contributed by atoms with Gasteiger partial charge in [0.05, 0.1) is 6.61 Å². The van der Waals surface area contributed by atoms with E-state index < -0.39 is 0 Å². The molecule has 0 bridgehead atoms.